The molecule has 0 aliphatic heterocycles. The summed E-state index contributed by atoms with van der Waals surface area (Å²) in [6.45, 7) is 0. The maximum absolute atomic E-state index is 4.75. The minimum absolute atomic E-state index is 0.645. The van der Waals surface area contributed by atoms with Crippen molar-refractivity contribution >= 4 is 31.9 Å². The van der Waals surface area contributed by atoms with Crippen LogP contribution in [-0.4, -0.2) is 9.97 Å². The van der Waals surface area contributed by atoms with Crippen molar-refractivity contribution in [1.82, 2.24) is 9.97 Å². The predicted octanol–water partition coefficient (Wildman–Crippen LogP) is 4.68. The Bertz CT molecular complexity index is 580. The number of aromatic nitrogens is 2. The molecule has 0 unspecified atom stereocenters. The zero-order chi connectivity index (χ0) is 12.5. The quantitative estimate of drug-likeness (QED) is 0.736. The van der Waals surface area contributed by atoms with Crippen molar-refractivity contribution in [2.75, 3.05) is 0 Å². The fraction of sp³-hybridized carbons (Fsp3) is 0.286. The van der Waals surface area contributed by atoms with Crippen LogP contribution in [0.5, 0.6) is 0 Å². The zero-order valence-corrected chi connectivity index (χ0v) is 12.9. The van der Waals surface area contributed by atoms with E-state index < -0.39 is 0 Å². The summed E-state index contributed by atoms with van der Waals surface area (Å²) >= 11 is 6.99. The molecule has 0 N–H and O–H groups in total. The van der Waals surface area contributed by atoms with Gasteiger partial charge in [0.25, 0.3) is 0 Å². The average Bonchev–Trinajstić information content (AvgIpc) is 3.22. The summed E-state index contributed by atoms with van der Waals surface area (Å²) in [5, 5.41) is 0.831. The van der Waals surface area contributed by atoms with Gasteiger partial charge in [-0.25, -0.2) is 9.97 Å². The van der Waals surface area contributed by atoms with Gasteiger partial charge in [-0.1, -0.05) is 44.0 Å². The monoisotopic (exact) mass is 366 g/mol. The minimum Gasteiger partial charge on any atom is -0.236 e. The predicted molar refractivity (Wildman–Crippen MR) is 79.8 cm³/mol. The number of halogens is 2. The first-order valence-electron chi connectivity index (χ1n) is 5.95. The van der Waals surface area contributed by atoms with Crippen molar-refractivity contribution in [2.24, 2.45) is 0 Å². The Hall–Kier alpha value is -0.740. The number of hydrogen-bond donors (Lipinski definition) is 0. The first-order valence-corrected chi connectivity index (χ1v) is 7.87. The van der Waals surface area contributed by atoms with Gasteiger partial charge in [0.1, 0.15) is 0 Å². The molecule has 1 saturated carbocycles. The lowest BCUT2D eigenvalue weighted by atomic mass is 10.1. The summed E-state index contributed by atoms with van der Waals surface area (Å²) in [7, 11) is 0. The molecule has 0 atom stereocenters. The van der Waals surface area contributed by atoms with Crippen molar-refractivity contribution in [3.63, 3.8) is 0 Å². The second kappa shape index (κ2) is 5.10. The third-order valence-corrected chi connectivity index (χ3v) is 4.19. The first kappa shape index (κ1) is 12.3. The van der Waals surface area contributed by atoms with E-state index in [0.717, 1.165) is 21.2 Å². The maximum atomic E-state index is 4.75. The topological polar surface area (TPSA) is 25.8 Å². The van der Waals surface area contributed by atoms with E-state index in [-0.39, 0.29) is 0 Å². The second-order valence-corrected chi connectivity index (χ2v) is 6.00. The molecule has 1 aliphatic rings. The van der Waals surface area contributed by atoms with Gasteiger partial charge < -0.3 is 0 Å². The van der Waals surface area contributed by atoms with E-state index in [1.54, 1.807) is 0 Å². The smallest absolute Gasteiger partial charge is 0.159 e. The van der Waals surface area contributed by atoms with Crippen LogP contribution in [0, 0.1) is 0 Å². The molecule has 0 radical (unpaired) electrons. The molecule has 1 fully saturated rings. The highest BCUT2D eigenvalue weighted by Crippen LogP contribution is 2.41. The standard InChI is InChI=1S/C14H12Br2N2/c15-7-11-8-17-14(18-13(11)9-4-5-9)10-2-1-3-12(16)6-10/h1-3,6,8-9H,4-5,7H2. The highest BCUT2D eigenvalue weighted by molar-refractivity contribution is 9.10. The van der Waals surface area contributed by atoms with Crippen LogP contribution in [0.2, 0.25) is 0 Å². The maximum Gasteiger partial charge on any atom is 0.159 e. The normalized spacial score (nSPS) is 14.8. The molecule has 92 valence electrons. The van der Waals surface area contributed by atoms with E-state index >= 15 is 0 Å². The van der Waals surface area contributed by atoms with Crippen molar-refractivity contribution < 1.29 is 0 Å². The highest BCUT2D eigenvalue weighted by atomic mass is 79.9. The fourth-order valence-electron chi connectivity index (χ4n) is 2.00. The van der Waals surface area contributed by atoms with Gasteiger partial charge >= 0.3 is 0 Å². The van der Waals surface area contributed by atoms with Crippen LogP contribution < -0.4 is 0 Å². The average molecular weight is 368 g/mol. The van der Waals surface area contributed by atoms with Crippen molar-refractivity contribution in [3.8, 4) is 11.4 Å². The number of alkyl halides is 1. The van der Waals surface area contributed by atoms with E-state index in [9.17, 15) is 0 Å². The molecule has 1 heterocycles. The number of rotatable bonds is 3. The lowest BCUT2D eigenvalue weighted by Crippen LogP contribution is -1.99. The van der Waals surface area contributed by atoms with Crippen molar-refractivity contribution in [2.45, 2.75) is 24.1 Å². The van der Waals surface area contributed by atoms with Gasteiger partial charge in [0.05, 0.1) is 5.69 Å². The van der Waals surface area contributed by atoms with E-state index in [1.165, 1.54) is 24.1 Å². The van der Waals surface area contributed by atoms with E-state index in [2.05, 4.69) is 42.9 Å². The highest BCUT2D eigenvalue weighted by Gasteiger charge is 2.28. The lowest BCUT2D eigenvalue weighted by Gasteiger charge is -2.07. The Kier molecular flexibility index (Phi) is 3.48. The van der Waals surface area contributed by atoms with Crippen LogP contribution in [0.15, 0.2) is 34.9 Å². The summed E-state index contributed by atoms with van der Waals surface area (Å²) < 4.78 is 1.06. The Morgan fingerprint density at radius 2 is 2.11 bits per heavy atom. The van der Waals surface area contributed by atoms with Crippen LogP contribution in [0.25, 0.3) is 11.4 Å². The van der Waals surface area contributed by atoms with Crippen LogP contribution in [0.3, 0.4) is 0 Å². The molecule has 3 rings (SSSR count). The summed E-state index contributed by atoms with van der Waals surface area (Å²) in [5.74, 6) is 1.47. The van der Waals surface area contributed by atoms with Crippen LogP contribution >= 0.6 is 31.9 Å². The fourth-order valence-corrected chi connectivity index (χ4v) is 2.83. The molecular formula is C14H12Br2N2. The third-order valence-electron chi connectivity index (χ3n) is 3.09. The number of benzene rings is 1. The lowest BCUT2D eigenvalue weighted by molar-refractivity contribution is 0.962. The largest absolute Gasteiger partial charge is 0.236 e. The summed E-state index contributed by atoms with van der Waals surface area (Å²) in [6, 6.07) is 8.13. The van der Waals surface area contributed by atoms with Gasteiger partial charge in [-0.3, -0.25) is 0 Å². The second-order valence-electron chi connectivity index (χ2n) is 4.52. The molecule has 0 bridgehead atoms. The van der Waals surface area contributed by atoms with Crippen LogP contribution in [0.1, 0.15) is 30.0 Å². The SMILES string of the molecule is BrCc1cnc(-c2cccc(Br)c2)nc1C1CC1. The first-order chi connectivity index (χ1) is 8.78. The third kappa shape index (κ3) is 2.50. The Morgan fingerprint density at radius 3 is 2.78 bits per heavy atom. The van der Waals surface area contributed by atoms with E-state index in [4.69, 9.17) is 4.98 Å². The van der Waals surface area contributed by atoms with E-state index in [0.29, 0.717) is 5.92 Å². The number of nitrogens with zero attached hydrogens (tertiary/aromatic N) is 2. The van der Waals surface area contributed by atoms with Crippen LogP contribution in [-0.2, 0) is 5.33 Å². The molecule has 1 aliphatic carbocycles. The van der Waals surface area contributed by atoms with Gasteiger partial charge in [0.15, 0.2) is 5.82 Å². The van der Waals surface area contributed by atoms with E-state index in [1.807, 2.05) is 24.4 Å². The van der Waals surface area contributed by atoms with Gasteiger partial charge in [0.2, 0.25) is 0 Å². The van der Waals surface area contributed by atoms with Gasteiger partial charge in [-0.15, -0.1) is 0 Å². The molecule has 4 heteroatoms. The Labute approximate surface area is 123 Å². The van der Waals surface area contributed by atoms with Gasteiger partial charge in [0, 0.05) is 33.0 Å². The molecule has 1 aromatic heterocycles. The molecule has 0 spiro atoms. The molecule has 1 aromatic carbocycles. The molecule has 18 heavy (non-hydrogen) atoms. The van der Waals surface area contributed by atoms with Crippen LogP contribution in [0.4, 0.5) is 0 Å². The number of hydrogen-bond acceptors (Lipinski definition) is 2. The Morgan fingerprint density at radius 1 is 1.28 bits per heavy atom. The summed E-state index contributed by atoms with van der Waals surface area (Å²) in [5.41, 5.74) is 3.50. The summed E-state index contributed by atoms with van der Waals surface area (Å²) in [4.78, 5) is 9.22. The molecule has 0 saturated heterocycles. The molecular weight excluding hydrogens is 356 g/mol. The zero-order valence-electron chi connectivity index (χ0n) is 9.74. The molecule has 0 amide bonds. The van der Waals surface area contributed by atoms with Gasteiger partial charge in [-0.05, 0) is 25.0 Å². The summed E-state index contributed by atoms with van der Waals surface area (Å²) in [6.07, 6.45) is 4.47. The molecule has 2 nitrogen and oxygen atoms in total. The Balaban J connectivity index is 2.05. The van der Waals surface area contributed by atoms with Crippen molar-refractivity contribution in [3.05, 3.63) is 46.2 Å². The van der Waals surface area contributed by atoms with Gasteiger partial charge in [-0.2, -0.15) is 0 Å². The molecule has 2 aromatic rings. The van der Waals surface area contributed by atoms with Crippen molar-refractivity contribution in [1.29, 1.82) is 0 Å². The minimum atomic E-state index is 0.645.